The number of carbonyl (C=O) groups is 2. The first kappa shape index (κ1) is 17.4. The van der Waals surface area contributed by atoms with Gasteiger partial charge in [0.05, 0.1) is 17.7 Å². The van der Waals surface area contributed by atoms with E-state index in [4.69, 9.17) is 5.11 Å². The lowest BCUT2D eigenvalue weighted by atomic mass is 10.0. The van der Waals surface area contributed by atoms with Crippen molar-refractivity contribution in [2.24, 2.45) is 5.92 Å². The molecule has 0 aliphatic heterocycles. The molecule has 0 aliphatic rings. The summed E-state index contributed by atoms with van der Waals surface area (Å²) in [6, 6.07) is -0.117. The van der Waals surface area contributed by atoms with Crippen LogP contribution in [0.2, 0.25) is 0 Å². The zero-order valence-corrected chi connectivity index (χ0v) is 13.6. The second kappa shape index (κ2) is 8.61. The number of carboxylic acid groups (broad SMARTS) is 1. The summed E-state index contributed by atoms with van der Waals surface area (Å²) >= 11 is 1.54. The Labute approximate surface area is 129 Å². The molecule has 118 valence electrons. The van der Waals surface area contributed by atoms with Crippen molar-refractivity contribution in [3.05, 3.63) is 16.1 Å². The van der Waals surface area contributed by atoms with Crippen LogP contribution in [-0.4, -0.2) is 40.6 Å². The molecule has 1 heterocycles. The summed E-state index contributed by atoms with van der Waals surface area (Å²) in [6.45, 7) is 5.05. The second-order valence-electron chi connectivity index (χ2n) is 5.28. The van der Waals surface area contributed by atoms with Crippen LogP contribution in [0.5, 0.6) is 0 Å². The number of carboxylic acids is 1. The summed E-state index contributed by atoms with van der Waals surface area (Å²) in [6.07, 6.45) is 1.60. The van der Waals surface area contributed by atoms with E-state index in [1.807, 2.05) is 13.8 Å². The Morgan fingerprint density at radius 3 is 2.76 bits per heavy atom. The highest BCUT2D eigenvalue weighted by Crippen LogP contribution is 2.14. The zero-order chi connectivity index (χ0) is 15.8. The smallest absolute Gasteiger partial charge is 0.317 e. The monoisotopic (exact) mass is 313 g/mol. The Kier molecular flexibility index (Phi) is 7.14. The third kappa shape index (κ3) is 6.57. The van der Waals surface area contributed by atoms with E-state index in [9.17, 15) is 9.59 Å². The first-order valence-electron chi connectivity index (χ1n) is 7.00. The lowest BCUT2D eigenvalue weighted by Crippen LogP contribution is -2.37. The van der Waals surface area contributed by atoms with Crippen LogP contribution in [0.3, 0.4) is 0 Å². The molecule has 0 spiro atoms. The molecule has 1 unspecified atom stereocenters. The van der Waals surface area contributed by atoms with Crippen molar-refractivity contribution in [1.29, 1.82) is 0 Å². The minimum atomic E-state index is -0.773. The topological polar surface area (TPSA) is 82.5 Å². The Morgan fingerprint density at radius 1 is 1.48 bits per heavy atom. The molecular formula is C14H23N3O3S. The average Bonchev–Trinajstić information content (AvgIpc) is 2.81. The van der Waals surface area contributed by atoms with E-state index in [2.05, 4.69) is 10.3 Å². The van der Waals surface area contributed by atoms with Crippen molar-refractivity contribution >= 4 is 23.3 Å². The van der Waals surface area contributed by atoms with Gasteiger partial charge in [-0.1, -0.05) is 6.92 Å². The van der Waals surface area contributed by atoms with Crippen LogP contribution in [0, 0.1) is 12.8 Å². The SMILES string of the molecule is Cc1ncsc1CN(C)C(=O)NCCC(C)CCC(=O)O. The number of urea groups is 1. The third-order valence-electron chi connectivity index (χ3n) is 3.34. The van der Waals surface area contributed by atoms with Crippen LogP contribution in [0.4, 0.5) is 4.79 Å². The predicted molar refractivity (Wildman–Crippen MR) is 82.4 cm³/mol. The van der Waals surface area contributed by atoms with E-state index < -0.39 is 5.97 Å². The highest BCUT2D eigenvalue weighted by atomic mass is 32.1. The summed E-state index contributed by atoms with van der Waals surface area (Å²) in [5.41, 5.74) is 2.74. The molecule has 2 amide bonds. The van der Waals surface area contributed by atoms with Crippen molar-refractivity contribution in [2.45, 2.75) is 39.7 Å². The fourth-order valence-corrected chi connectivity index (χ4v) is 2.67. The first-order valence-corrected chi connectivity index (χ1v) is 7.87. The van der Waals surface area contributed by atoms with E-state index in [1.54, 1.807) is 28.8 Å². The van der Waals surface area contributed by atoms with Gasteiger partial charge in [-0.25, -0.2) is 9.78 Å². The molecule has 2 N–H and O–H groups in total. The molecule has 6 nitrogen and oxygen atoms in total. The van der Waals surface area contributed by atoms with Crippen LogP contribution in [-0.2, 0) is 11.3 Å². The number of rotatable bonds is 8. The fraction of sp³-hybridized carbons (Fsp3) is 0.643. The van der Waals surface area contributed by atoms with Crippen molar-refractivity contribution in [3.8, 4) is 0 Å². The van der Waals surface area contributed by atoms with Crippen molar-refractivity contribution in [2.75, 3.05) is 13.6 Å². The summed E-state index contributed by atoms with van der Waals surface area (Å²) < 4.78 is 0. The molecule has 0 bridgehead atoms. The normalized spacial score (nSPS) is 12.0. The summed E-state index contributed by atoms with van der Waals surface area (Å²) in [5.74, 6) is -0.485. The number of aliphatic carboxylic acids is 1. The molecule has 0 radical (unpaired) electrons. The van der Waals surface area contributed by atoms with Crippen molar-refractivity contribution < 1.29 is 14.7 Å². The first-order chi connectivity index (χ1) is 9.90. The van der Waals surface area contributed by atoms with E-state index in [0.29, 0.717) is 19.5 Å². The molecule has 1 aromatic rings. The number of carbonyl (C=O) groups excluding carboxylic acids is 1. The predicted octanol–water partition coefficient (Wildman–Crippen LogP) is 2.48. The van der Waals surface area contributed by atoms with Crippen LogP contribution in [0.15, 0.2) is 5.51 Å². The maximum absolute atomic E-state index is 11.9. The van der Waals surface area contributed by atoms with Crippen molar-refractivity contribution in [3.63, 3.8) is 0 Å². The number of aryl methyl sites for hydroxylation is 1. The molecule has 0 saturated heterocycles. The third-order valence-corrected chi connectivity index (χ3v) is 4.26. The molecule has 1 aromatic heterocycles. The number of nitrogens with zero attached hydrogens (tertiary/aromatic N) is 2. The average molecular weight is 313 g/mol. The summed E-state index contributed by atoms with van der Waals surface area (Å²) in [4.78, 5) is 29.3. The Morgan fingerprint density at radius 2 is 2.19 bits per heavy atom. The van der Waals surface area contributed by atoms with E-state index in [0.717, 1.165) is 17.0 Å². The fourth-order valence-electron chi connectivity index (χ4n) is 1.84. The van der Waals surface area contributed by atoms with Crippen molar-refractivity contribution in [1.82, 2.24) is 15.2 Å². The number of hydrogen-bond acceptors (Lipinski definition) is 4. The lowest BCUT2D eigenvalue weighted by Gasteiger charge is -2.18. The zero-order valence-electron chi connectivity index (χ0n) is 12.8. The summed E-state index contributed by atoms with van der Waals surface area (Å²) in [5, 5.41) is 11.5. The van der Waals surface area contributed by atoms with Gasteiger partial charge in [0.15, 0.2) is 0 Å². The molecule has 0 fully saturated rings. The minimum absolute atomic E-state index is 0.117. The Bertz CT molecular complexity index is 476. The van der Waals surface area contributed by atoms with Gasteiger partial charge < -0.3 is 15.3 Å². The molecule has 21 heavy (non-hydrogen) atoms. The van der Waals surface area contributed by atoms with Gasteiger partial charge in [0.1, 0.15) is 0 Å². The van der Waals surface area contributed by atoms with Gasteiger partial charge in [-0.05, 0) is 25.7 Å². The molecule has 7 heteroatoms. The maximum atomic E-state index is 11.9. The molecule has 1 atom stereocenters. The van der Waals surface area contributed by atoms with Gasteiger partial charge in [-0.3, -0.25) is 4.79 Å². The number of thiazole rings is 1. The van der Waals surface area contributed by atoms with Crippen LogP contribution < -0.4 is 5.32 Å². The summed E-state index contributed by atoms with van der Waals surface area (Å²) in [7, 11) is 1.75. The van der Waals surface area contributed by atoms with Crippen LogP contribution >= 0.6 is 11.3 Å². The van der Waals surface area contributed by atoms with E-state index >= 15 is 0 Å². The molecule has 0 saturated carbocycles. The minimum Gasteiger partial charge on any atom is -0.481 e. The van der Waals surface area contributed by atoms with E-state index in [-0.39, 0.29) is 18.4 Å². The molecular weight excluding hydrogens is 290 g/mol. The van der Waals surface area contributed by atoms with Gasteiger partial charge in [-0.15, -0.1) is 11.3 Å². The standard InChI is InChI=1S/C14H23N3O3S/c1-10(4-5-13(18)19)6-7-15-14(20)17(3)8-12-11(2)16-9-21-12/h9-10H,4-8H2,1-3H3,(H,15,20)(H,18,19). The molecule has 0 aliphatic carbocycles. The number of amides is 2. The number of hydrogen-bond donors (Lipinski definition) is 2. The highest BCUT2D eigenvalue weighted by molar-refractivity contribution is 7.09. The largest absolute Gasteiger partial charge is 0.481 e. The van der Waals surface area contributed by atoms with Gasteiger partial charge in [0.25, 0.3) is 0 Å². The van der Waals surface area contributed by atoms with Gasteiger partial charge in [0, 0.05) is 24.9 Å². The van der Waals surface area contributed by atoms with Gasteiger partial charge >= 0.3 is 12.0 Å². The van der Waals surface area contributed by atoms with Gasteiger partial charge in [-0.2, -0.15) is 0 Å². The Balaban J connectivity index is 2.24. The maximum Gasteiger partial charge on any atom is 0.317 e. The quantitative estimate of drug-likeness (QED) is 0.772. The lowest BCUT2D eigenvalue weighted by molar-refractivity contribution is -0.137. The highest BCUT2D eigenvalue weighted by Gasteiger charge is 2.12. The Hall–Kier alpha value is -1.63. The van der Waals surface area contributed by atoms with Gasteiger partial charge in [0.2, 0.25) is 0 Å². The van der Waals surface area contributed by atoms with Crippen LogP contribution in [0.1, 0.15) is 36.8 Å². The molecule has 1 rings (SSSR count). The number of nitrogens with one attached hydrogen (secondary N) is 1. The molecule has 0 aromatic carbocycles. The number of aromatic nitrogens is 1. The van der Waals surface area contributed by atoms with Crippen LogP contribution in [0.25, 0.3) is 0 Å². The van der Waals surface area contributed by atoms with E-state index in [1.165, 1.54) is 0 Å². The second-order valence-corrected chi connectivity index (χ2v) is 6.21.